The van der Waals surface area contributed by atoms with Crippen molar-refractivity contribution in [2.24, 2.45) is 0 Å². The van der Waals surface area contributed by atoms with Gasteiger partial charge in [0.2, 0.25) is 0 Å². The van der Waals surface area contributed by atoms with Crippen LogP contribution in [0.3, 0.4) is 0 Å². The van der Waals surface area contributed by atoms with Gasteiger partial charge in [-0.15, -0.1) is 0 Å². The molecule has 0 N–H and O–H groups in total. The van der Waals surface area contributed by atoms with E-state index in [1.165, 1.54) is 38.1 Å². The monoisotopic (exact) mass is 390 g/mol. The van der Waals surface area contributed by atoms with Gasteiger partial charge < -0.3 is 9.47 Å². The van der Waals surface area contributed by atoms with Crippen LogP contribution in [0.2, 0.25) is 0 Å². The molecule has 6 heteroatoms. The van der Waals surface area contributed by atoms with Gasteiger partial charge in [-0.05, 0) is 30.7 Å². The molecule has 0 aliphatic heterocycles. The van der Waals surface area contributed by atoms with Gasteiger partial charge in [0.15, 0.2) is 11.6 Å². The van der Waals surface area contributed by atoms with Crippen LogP contribution in [-0.4, -0.2) is 23.5 Å². The fourth-order valence-corrected chi connectivity index (χ4v) is 3.03. The van der Waals surface area contributed by atoms with Crippen LogP contribution in [-0.2, 0) is 9.59 Å². The number of allylic oxidation sites excluding steroid dienone is 4. The van der Waals surface area contributed by atoms with Crippen LogP contribution in [0.25, 0.3) is 0 Å². The van der Waals surface area contributed by atoms with Crippen LogP contribution >= 0.6 is 0 Å². The minimum atomic E-state index is -0.548. The molecule has 3 rings (SSSR count). The number of rotatable bonds is 6. The van der Waals surface area contributed by atoms with E-state index in [0.717, 1.165) is 0 Å². The normalized spacial score (nSPS) is 12.6. The van der Waals surface area contributed by atoms with Gasteiger partial charge in [-0.3, -0.25) is 19.2 Å². The van der Waals surface area contributed by atoms with Crippen molar-refractivity contribution in [2.75, 3.05) is 0 Å². The van der Waals surface area contributed by atoms with Crippen LogP contribution in [0.15, 0.2) is 71.8 Å². The lowest BCUT2D eigenvalue weighted by atomic mass is 9.93. The van der Waals surface area contributed by atoms with Crippen molar-refractivity contribution in [1.82, 2.24) is 0 Å². The third-order valence-corrected chi connectivity index (χ3v) is 4.19. The maximum absolute atomic E-state index is 13.1. The average Bonchev–Trinajstić information content (AvgIpc) is 3.17. The summed E-state index contributed by atoms with van der Waals surface area (Å²) in [5, 5.41) is 0. The predicted molar refractivity (Wildman–Crippen MR) is 105 cm³/mol. The Morgan fingerprint density at radius 2 is 1.03 bits per heavy atom. The van der Waals surface area contributed by atoms with Crippen LogP contribution in [0.1, 0.15) is 41.0 Å². The van der Waals surface area contributed by atoms with Gasteiger partial charge in [0.25, 0.3) is 0 Å². The van der Waals surface area contributed by atoms with E-state index in [1.807, 2.05) is 0 Å². The van der Waals surface area contributed by atoms with E-state index in [1.54, 1.807) is 36.4 Å². The van der Waals surface area contributed by atoms with E-state index in [0.29, 0.717) is 6.42 Å². The number of Topliss-reactive ketones (excluding diaryl/α,β-unsaturated/α-hetero) is 2. The van der Waals surface area contributed by atoms with E-state index in [2.05, 4.69) is 0 Å². The summed E-state index contributed by atoms with van der Waals surface area (Å²) >= 11 is 0. The third-order valence-electron chi connectivity index (χ3n) is 4.19. The lowest BCUT2D eigenvalue weighted by Gasteiger charge is -2.12. The number of ether oxygens (including phenoxy) is 2. The molecular weight excluding hydrogens is 372 g/mol. The zero-order chi connectivity index (χ0) is 21.0. The summed E-state index contributed by atoms with van der Waals surface area (Å²) in [5.74, 6) is -1.69. The Morgan fingerprint density at radius 1 is 0.655 bits per heavy atom. The highest BCUT2D eigenvalue weighted by Crippen LogP contribution is 2.32. The predicted octanol–water partition coefficient (Wildman–Crippen LogP) is 3.86. The minimum absolute atomic E-state index is 0.130. The summed E-state index contributed by atoms with van der Waals surface area (Å²) in [7, 11) is 0. The first-order valence-corrected chi connectivity index (χ1v) is 8.93. The molecule has 2 aromatic rings. The van der Waals surface area contributed by atoms with Gasteiger partial charge in [0, 0.05) is 25.0 Å². The SMILES string of the molecule is CC(=O)Oc1ccccc1C(=O)C1=CCC=C1C(=O)c1ccccc1OC(C)=O. The lowest BCUT2D eigenvalue weighted by molar-refractivity contribution is -0.132. The molecule has 0 bridgehead atoms. The van der Waals surface area contributed by atoms with E-state index in [4.69, 9.17) is 9.47 Å². The smallest absolute Gasteiger partial charge is 0.308 e. The fraction of sp³-hybridized carbons (Fsp3) is 0.130. The molecule has 0 aromatic heterocycles. The van der Waals surface area contributed by atoms with Crippen molar-refractivity contribution in [2.45, 2.75) is 20.3 Å². The Labute approximate surface area is 167 Å². The second-order valence-electron chi connectivity index (χ2n) is 6.31. The first-order valence-electron chi connectivity index (χ1n) is 8.93. The molecule has 1 aliphatic rings. The zero-order valence-electron chi connectivity index (χ0n) is 15.9. The Morgan fingerprint density at radius 3 is 1.41 bits per heavy atom. The molecular formula is C23H18O6. The molecule has 0 radical (unpaired) electrons. The first kappa shape index (κ1) is 19.9. The van der Waals surface area contributed by atoms with Gasteiger partial charge in [-0.1, -0.05) is 36.4 Å². The summed E-state index contributed by atoms with van der Waals surface area (Å²) < 4.78 is 10.2. The molecule has 0 atom stereocenters. The van der Waals surface area contributed by atoms with E-state index < -0.39 is 23.5 Å². The highest BCUT2D eigenvalue weighted by Gasteiger charge is 2.28. The molecule has 0 saturated heterocycles. The summed E-state index contributed by atoms with van der Waals surface area (Å²) in [6, 6.07) is 12.7. The number of ketones is 2. The summed E-state index contributed by atoms with van der Waals surface area (Å²) in [5.41, 5.74) is 0.796. The van der Waals surface area contributed by atoms with Crippen molar-refractivity contribution in [1.29, 1.82) is 0 Å². The number of hydrogen-bond acceptors (Lipinski definition) is 6. The maximum atomic E-state index is 13.1. The van der Waals surface area contributed by atoms with Crippen LogP contribution in [0, 0.1) is 0 Å². The Hall–Kier alpha value is -3.80. The summed E-state index contributed by atoms with van der Waals surface area (Å²) in [6.45, 7) is 2.49. The number of benzene rings is 2. The molecule has 0 saturated carbocycles. The quantitative estimate of drug-likeness (QED) is 0.423. The molecule has 0 amide bonds. The Bertz CT molecular complexity index is 989. The van der Waals surface area contributed by atoms with Crippen molar-refractivity contribution in [3.05, 3.63) is 83.0 Å². The maximum Gasteiger partial charge on any atom is 0.308 e. The highest BCUT2D eigenvalue weighted by atomic mass is 16.5. The first-order chi connectivity index (χ1) is 13.9. The molecule has 1 aliphatic carbocycles. The second-order valence-corrected chi connectivity index (χ2v) is 6.31. The van der Waals surface area contributed by atoms with Crippen molar-refractivity contribution in [3.8, 4) is 11.5 Å². The highest BCUT2D eigenvalue weighted by molar-refractivity contribution is 6.24. The zero-order valence-corrected chi connectivity index (χ0v) is 15.9. The van der Waals surface area contributed by atoms with E-state index >= 15 is 0 Å². The lowest BCUT2D eigenvalue weighted by Crippen LogP contribution is -2.15. The second kappa shape index (κ2) is 8.48. The van der Waals surface area contributed by atoms with Gasteiger partial charge in [-0.25, -0.2) is 0 Å². The molecule has 2 aromatic carbocycles. The van der Waals surface area contributed by atoms with Crippen molar-refractivity contribution >= 4 is 23.5 Å². The number of para-hydroxylation sites is 2. The minimum Gasteiger partial charge on any atom is -0.426 e. The molecule has 0 spiro atoms. The molecule has 0 fully saturated rings. The van der Waals surface area contributed by atoms with Gasteiger partial charge in [-0.2, -0.15) is 0 Å². The Balaban J connectivity index is 1.94. The largest absolute Gasteiger partial charge is 0.426 e. The van der Waals surface area contributed by atoms with E-state index in [-0.39, 0.29) is 33.8 Å². The molecule has 146 valence electrons. The van der Waals surface area contributed by atoms with Gasteiger partial charge in [0.05, 0.1) is 11.1 Å². The van der Waals surface area contributed by atoms with Crippen molar-refractivity contribution in [3.63, 3.8) is 0 Å². The molecule has 6 nitrogen and oxygen atoms in total. The Kier molecular flexibility index (Phi) is 5.83. The van der Waals surface area contributed by atoms with Gasteiger partial charge in [0.1, 0.15) is 11.5 Å². The molecule has 0 heterocycles. The fourth-order valence-electron chi connectivity index (χ4n) is 3.03. The third kappa shape index (κ3) is 4.38. The van der Waals surface area contributed by atoms with Crippen LogP contribution in [0.5, 0.6) is 11.5 Å². The number of carbonyl (C=O) groups is 4. The van der Waals surface area contributed by atoms with Crippen LogP contribution in [0.4, 0.5) is 0 Å². The van der Waals surface area contributed by atoms with Gasteiger partial charge >= 0.3 is 11.9 Å². The number of hydrogen-bond donors (Lipinski definition) is 0. The number of carbonyl (C=O) groups excluding carboxylic acids is 4. The molecule has 0 unspecified atom stereocenters. The van der Waals surface area contributed by atoms with E-state index in [9.17, 15) is 19.2 Å². The average molecular weight is 390 g/mol. The number of esters is 2. The summed E-state index contributed by atoms with van der Waals surface area (Å²) in [6.07, 6.45) is 3.71. The standard InChI is InChI=1S/C23H18O6/c1-14(24)28-20-12-5-3-8-18(20)22(26)16-10-7-11-17(16)23(27)19-9-4-6-13-21(19)29-15(2)25/h3-6,8-13H,7H2,1-2H3. The molecule has 29 heavy (non-hydrogen) atoms. The summed E-state index contributed by atoms with van der Waals surface area (Å²) in [4.78, 5) is 48.9. The van der Waals surface area contributed by atoms with Crippen LogP contribution < -0.4 is 9.47 Å². The topological polar surface area (TPSA) is 86.7 Å². The van der Waals surface area contributed by atoms with Crippen molar-refractivity contribution < 1.29 is 28.7 Å².